The summed E-state index contributed by atoms with van der Waals surface area (Å²) in [5.41, 5.74) is 1.66. The average molecular weight is 195 g/mol. The Kier molecular flexibility index (Phi) is 4.07. The summed E-state index contributed by atoms with van der Waals surface area (Å²) in [6.07, 6.45) is -1.00. The zero-order valence-electron chi connectivity index (χ0n) is 8.57. The number of hydrogen-bond acceptors (Lipinski definition) is 3. The minimum Gasteiger partial charge on any atom is -0.389 e. The van der Waals surface area contributed by atoms with Crippen molar-refractivity contribution in [3.05, 3.63) is 35.4 Å². The Balaban J connectivity index is 2.82. The molecule has 0 heterocycles. The van der Waals surface area contributed by atoms with E-state index in [0.29, 0.717) is 6.54 Å². The minimum atomic E-state index is -0.515. The Morgan fingerprint density at radius 1 is 1.29 bits per heavy atom. The predicted molar refractivity (Wildman–Crippen MR) is 56.0 cm³/mol. The van der Waals surface area contributed by atoms with E-state index < -0.39 is 12.2 Å². The average Bonchev–Trinajstić information content (AvgIpc) is 2.18. The smallest absolute Gasteiger partial charge is 0.0914 e. The van der Waals surface area contributed by atoms with Crippen molar-refractivity contribution in [2.75, 3.05) is 13.6 Å². The van der Waals surface area contributed by atoms with E-state index in [1.807, 2.05) is 24.3 Å². The van der Waals surface area contributed by atoms with Gasteiger partial charge in [-0.15, -0.1) is 0 Å². The number of rotatable bonds is 4. The van der Waals surface area contributed by atoms with Crippen LogP contribution in [-0.2, 0) is 0 Å². The Bertz CT molecular complexity index is 286. The minimum absolute atomic E-state index is 0.489. The highest BCUT2D eigenvalue weighted by molar-refractivity contribution is 5.26. The van der Waals surface area contributed by atoms with Crippen LogP contribution in [-0.4, -0.2) is 23.8 Å². The molecule has 0 aliphatic heterocycles. The van der Waals surface area contributed by atoms with E-state index in [4.69, 9.17) is 0 Å². The molecule has 2 atom stereocenters. The monoisotopic (exact) mass is 195 g/mol. The Labute approximate surface area is 84.4 Å². The quantitative estimate of drug-likeness (QED) is 0.671. The van der Waals surface area contributed by atoms with Gasteiger partial charge in [0.1, 0.15) is 0 Å². The molecule has 2 unspecified atom stereocenters. The molecule has 0 amide bonds. The third kappa shape index (κ3) is 2.80. The van der Waals surface area contributed by atoms with Gasteiger partial charge in [-0.1, -0.05) is 24.3 Å². The fourth-order valence-corrected chi connectivity index (χ4v) is 1.34. The first-order valence-electron chi connectivity index (χ1n) is 4.75. The van der Waals surface area contributed by atoms with Crippen LogP contribution in [0.2, 0.25) is 0 Å². The summed E-state index contributed by atoms with van der Waals surface area (Å²) in [5.74, 6) is 0. The lowest BCUT2D eigenvalue weighted by Gasteiger charge is -2.12. The summed E-state index contributed by atoms with van der Waals surface area (Å²) in [6.45, 7) is 2.23. The lowest BCUT2D eigenvalue weighted by molar-refractivity contribution is 0.176. The van der Waals surface area contributed by atoms with Gasteiger partial charge in [-0.2, -0.15) is 0 Å². The molecule has 0 fully saturated rings. The molecular formula is C11H17NO2. The molecule has 3 N–H and O–H groups in total. The van der Waals surface area contributed by atoms with E-state index in [1.165, 1.54) is 0 Å². The van der Waals surface area contributed by atoms with E-state index in [1.54, 1.807) is 14.0 Å². The number of aliphatic hydroxyl groups excluding tert-OH is 2. The number of benzene rings is 1. The van der Waals surface area contributed by atoms with Crippen LogP contribution >= 0.6 is 0 Å². The van der Waals surface area contributed by atoms with Crippen LogP contribution in [0, 0.1) is 0 Å². The molecule has 0 aromatic heterocycles. The van der Waals surface area contributed by atoms with Crippen LogP contribution in [0.4, 0.5) is 0 Å². The fourth-order valence-electron chi connectivity index (χ4n) is 1.34. The summed E-state index contributed by atoms with van der Waals surface area (Å²) in [4.78, 5) is 0. The van der Waals surface area contributed by atoms with E-state index in [9.17, 15) is 10.2 Å². The first kappa shape index (κ1) is 11.2. The van der Waals surface area contributed by atoms with Crippen LogP contribution in [0.3, 0.4) is 0 Å². The summed E-state index contributed by atoms with van der Waals surface area (Å²) < 4.78 is 0. The number of nitrogens with one attached hydrogen (secondary N) is 1. The SMILES string of the molecule is CNCC(O)c1cccc(C(C)O)c1. The molecule has 1 aromatic rings. The summed E-state index contributed by atoms with van der Waals surface area (Å²) >= 11 is 0. The van der Waals surface area contributed by atoms with E-state index >= 15 is 0 Å². The third-order valence-corrected chi connectivity index (χ3v) is 2.18. The molecule has 0 saturated heterocycles. The Hall–Kier alpha value is -0.900. The molecule has 0 saturated carbocycles. The third-order valence-electron chi connectivity index (χ3n) is 2.18. The van der Waals surface area contributed by atoms with Crippen LogP contribution in [0.1, 0.15) is 30.3 Å². The summed E-state index contributed by atoms with van der Waals surface area (Å²) in [6, 6.07) is 7.37. The van der Waals surface area contributed by atoms with Crippen molar-refractivity contribution in [3.8, 4) is 0 Å². The first-order valence-corrected chi connectivity index (χ1v) is 4.75. The predicted octanol–water partition coefficient (Wildman–Crippen LogP) is 0.993. The van der Waals surface area contributed by atoms with Crippen molar-refractivity contribution >= 4 is 0 Å². The highest BCUT2D eigenvalue weighted by Crippen LogP contribution is 2.18. The maximum atomic E-state index is 9.68. The Morgan fingerprint density at radius 3 is 2.50 bits per heavy atom. The van der Waals surface area contributed by atoms with Crippen LogP contribution in [0.5, 0.6) is 0 Å². The van der Waals surface area contributed by atoms with Crippen molar-refractivity contribution < 1.29 is 10.2 Å². The van der Waals surface area contributed by atoms with Gasteiger partial charge < -0.3 is 15.5 Å². The zero-order chi connectivity index (χ0) is 10.6. The summed E-state index contributed by atoms with van der Waals surface area (Å²) in [5, 5.41) is 21.9. The molecule has 0 bridgehead atoms. The van der Waals surface area contributed by atoms with Crippen molar-refractivity contribution in [1.82, 2.24) is 5.32 Å². The number of aliphatic hydroxyl groups is 2. The molecule has 0 aliphatic rings. The molecule has 14 heavy (non-hydrogen) atoms. The standard InChI is InChI=1S/C11H17NO2/c1-8(13)9-4-3-5-10(6-9)11(14)7-12-2/h3-6,8,11-14H,7H2,1-2H3. The molecule has 78 valence electrons. The maximum Gasteiger partial charge on any atom is 0.0914 e. The van der Waals surface area contributed by atoms with Gasteiger partial charge in [0.2, 0.25) is 0 Å². The Morgan fingerprint density at radius 2 is 1.93 bits per heavy atom. The van der Waals surface area contributed by atoms with Gasteiger partial charge in [0.05, 0.1) is 12.2 Å². The highest BCUT2D eigenvalue weighted by atomic mass is 16.3. The second-order valence-electron chi connectivity index (χ2n) is 3.42. The molecule has 0 spiro atoms. The van der Waals surface area contributed by atoms with Gasteiger partial charge in [-0.05, 0) is 25.1 Å². The molecule has 3 heteroatoms. The van der Waals surface area contributed by atoms with E-state index in [-0.39, 0.29) is 0 Å². The molecule has 1 rings (SSSR count). The molecule has 0 aliphatic carbocycles. The van der Waals surface area contributed by atoms with Crippen LogP contribution < -0.4 is 5.32 Å². The van der Waals surface area contributed by atoms with Crippen molar-refractivity contribution in [3.63, 3.8) is 0 Å². The molecule has 0 radical (unpaired) electrons. The summed E-state index contributed by atoms with van der Waals surface area (Å²) in [7, 11) is 1.79. The van der Waals surface area contributed by atoms with Gasteiger partial charge in [0, 0.05) is 6.54 Å². The van der Waals surface area contributed by atoms with E-state index in [0.717, 1.165) is 11.1 Å². The number of likely N-dealkylation sites (N-methyl/N-ethyl adjacent to an activating group) is 1. The van der Waals surface area contributed by atoms with E-state index in [2.05, 4.69) is 5.32 Å². The lowest BCUT2D eigenvalue weighted by Crippen LogP contribution is -2.16. The van der Waals surface area contributed by atoms with Crippen molar-refractivity contribution in [1.29, 1.82) is 0 Å². The largest absolute Gasteiger partial charge is 0.389 e. The van der Waals surface area contributed by atoms with Crippen molar-refractivity contribution in [2.45, 2.75) is 19.1 Å². The van der Waals surface area contributed by atoms with Crippen LogP contribution in [0.25, 0.3) is 0 Å². The molecule has 1 aromatic carbocycles. The zero-order valence-corrected chi connectivity index (χ0v) is 8.57. The fraction of sp³-hybridized carbons (Fsp3) is 0.455. The second-order valence-corrected chi connectivity index (χ2v) is 3.42. The van der Waals surface area contributed by atoms with Gasteiger partial charge in [-0.3, -0.25) is 0 Å². The second kappa shape index (κ2) is 5.10. The topological polar surface area (TPSA) is 52.5 Å². The van der Waals surface area contributed by atoms with Crippen molar-refractivity contribution in [2.24, 2.45) is 0 Å². The lowest BCUT2D eigenvalue weighted by atomic mass is 10.0. The van der Waals surface area contributed by atoms with Gasteiger partial charge in [0.15, 0.2) is 0 Å². The van der Waals surface area contributed by atoms with Crippen LogP contribution in [0.15, 0.2) is 24.3 Å². The van der Waals surface area contributed by atoms with Gasteiger partial charge >= 0.3 is 0 Å². The maximum absolute atomic E-state index is 9.68. The van der Waals surface area contributed by atoms with Gasteiger partial charge in [-0.25, -0.2) is 0 Å². The van der Waals surface area contributed by atoms with Gasteiger partial charge in [0.25, 0.3) is 0 Å². The highest BCUT2D eigenvalue weighted by Gasteiger charge is 2.08. The molecular weight excluding hydrogens is 178 g/mol. The normalized spacial score (nSPS) is 15.1. The first-order chi connectivity index (χ1) is 6.65. The number of hydrogen-bond donors (Lipinski definition) is 3. The molecule has 3 nitrogen and oxygen atoms in total.